The van der Waals surface area contributed by atoms with Crippen LogP contribution in [0.5, 0.6) is 0 Å². The Bertz CT molecular complexity index is 172. The van der Waals surface area contributed by atoms with Crippen LogP contribution in [-0.4, -0.2) is 29.0 Å². The number of likely N-dealkylation sites (tertiary alicyclic amines) is 1. The minimum Gasteiger partial charge on any atom is -0.334 e. The second-order valence-electron chi connectivity index (χ2n) is 3.46. The summed E-state index contributed by atoms with van der Waals surface area (Å²) in [6.07, 6.45) is 1.89. The van der Waals surface area contributed by atoms with E-state index in [-0.39, 0.29) is 0 Å². The third kappa shape index (κ3) is 2.16. The van der Waals surface area contributed by atoms with E-state index in [1.807, 2.05) is 23.7 Å². The van der Waals surface area contributed by atoms with E-state index < -0.39 is 0 Å². The maximum absolute atomic E-state index is 11.4. The van der Waals surface area contributed by atoms with Gasteiger partial charge in [-0.2, -0.15) is 0 Å². The number of amides is 1. The SMILES string of the molecule is CCSC1CC(C)CC(=O)N1C. The Hall–Kier alpha value is -0.180. The van der Waals surface area contributed by atoms with Crippen molar-refractivity contribution < 1.29 is 4.79 Å². The summed E-state index contributed by atoms with van der Waals surface area (Å²) in [6.45, 7) is 4.30. The minimum absolute atomic E-state index is 0.305. The lowest BCUT2D eigenvalue weighted by molar-refractivity contribution is -0.134. The first-order valence-corrected chi connectivity index (χ1v) is 5.57. The van der Waals surface area contributed by atoms with Gasteiger partial charge in [-0.3, -0.25) is 4.79 Å². The maximum atomic E-state index is 11.4. The summed E-state index contributed by atoms with van der Waals surface area (Å²) < 4.78 is 0. The normalized spacial score (nSPS) is 30.9. The number of piperidine rings is 1. The lowest BCUT2D eigenvalue weighted by Gasteiger charge is -2.34. The number of carbonyl (C=O) groups excluding carboxylic acids is 1. The van der Waals surface area contributed by atoms with Crippen molar-refractivity contribution in [3.8, 4) is 0 Å². The molecule has 0 spiro atoms. The molecule has 0 aromatic heterocycles. The van der Waals surface area contributed by atoms with Gasteiger partial charge in [0.15, 0.2) is 0 Å². The first kappa shape index (κ1) is 9.90. The van der Waals surface area contributed by atoms with Crippen molar-refractivity contribution in [3.05, 3.63) is 0 Å². The van der Waals surface area contributed by atoms with E-state index in [9.17, 15) is 4.79 Å². The highest BCUT2D eigenvalue weighted by Gasteiger charge is 2.28. The van der Waals surface area contributed by atoms with Gasteiger partial charge >= 0.3 is 0 Å². The molecule has 3 heteroatoms. The van der Waals surface area contributed by atoms with Crippen molar-refractivity contribution in [2.45, 2.75) is 32.1 Å². The summed E-state index contributed by atoms with van der Waals surface area (Å²) in [6, 6.07) is 0. The van der Waals surface area contributed by atoms with Crippen LogP contribution in [0, 0.1) is 5.92 Å². The summed E-state index contributed by atoms with van der Waals surface area (Å²) in [5.74, 6) is 1.96. The Morgan fingerprint density at radius 3 is 2.92 bits per heavy atom. The molecule has 1 aliphatic rings. The molecule has 0 aromatic carbocycles. The average molecular weight is 187 g/mol. The van der Waals surface area contributed by atoms with Gasteiger partial charge in [0.2, 0.25) is 5.91 Å². The van der Waals surface area contributed by atoms with E-state index >= 15 is 0 Å². The van der Waals surface area contributed by atoms with Gasteiger partial charge in [0.1, 0.15) is 0 Å². The molecule has 0 aliphatic carbocycles. The van der Waals surface area contributed by atoms with Crippen molar-refractivity contribution in [2.75, 3.05) is 12.8 Å². The van der Waals surface area contributed by atoms with E-state index in [0.717, 1.165) is 18.6 Å². The van der Waals surface area contributed by atoms with E-state index in [1.165, 1.54) is 0 Å². The molecule has 1 heterocycles. The number of hydrogen-bond acceptors (Lipinski definition) is 2. The molecule has 0 bridgehead atoms. The molecule has 0 saturated carbocycles. The third-order valence-corrected chi connectivity index (χ3v) is 3.54. The number of carbonyl (C=O) groups is 1. The van der Waals surface area contributed by atoms with Crippen molar-refractivity contribution in [1.82, 2.24) is 4.90 Å². The Kier molecular flexibility index (Phi) is 3.44. The van der Waals surface area contributed by atoms with Crippen molar-refractivity contribution in [3.63, 3.8) is 0 Å². The van der Waals surface area contributed by atoms with E-state index in [1.54, 1.807) is 0 Å². The van der Waals surface area contributed by atoms with Gasteiger partial charge < -0.3 is 4.90 Å². The molecule has 2 unspecified atom stereocenters. The molecule has 1 aliphatic heterocycles. The lowest BCUT2D eigenvalue weighted by atomic mass is 9.99. The molecule has 70 valence electrons. The van der Waals surface area contributed by atoms with Crippen molar-refractivity contribution in [1.29, 1.82) is 0 Å². The van der Waals surface area contributed by atoms with Crippen LogP contribution in [-0.2, 0) is 4.79 Å². The molecule has 0 aromatic rings. The first-order valence-electron chi connectivity index (χ1n) is 4.52. The second kappa shape index (κ2) is 4.17. The number of nitrogens with zero attached hydrogens (tertiary/aromatic N) is 1. The molecular weight excluding hydrogens is 170 g/mol. The molecular formula is C9H17NOS. The summed E-state index contributed by atoms with van der Waals surface area (Å²) in [7, 11) is 1.92. The van der Waals surface area contributed by atoms with Crippen LogP contribution in [0.1, 0.15) is 26.7 Å². The van der Waals surface area contributed by atoms with E-state index in [0.29, 0.717) is 17.2 Å². The van der Waals surface area contributed by atoms with E-state index in [2.05, 4.69) is 13.8 Å². The molecule has 0 N–H and O–H groups in total. The van der Waals surface area contributed by atoms with Crippen LogP contribution < -0.4 is 0 Å². The fraction of sp³-hybridized carbons (Fsp3) is 0.889. The molecule has 2 nitrogen and oxygen atoms in total. The topological polar surface area (TPSA) is 20.3 Å². The highest BCUT2D eigenvalue weighted by Crippen LogP contribution is 2.29. The molecule has 0 radical (unpaired) electrons. The monoisotopic (exact) mass is 187 g/mol. The predicted octanol–water partition coefficient (Wildman–Crippen LogP) is 1.95. The molecule has 2 atom stereocenters. The summed E-state index contributed by atoms with van der Waals surface area (Å²) >= 11 is 1.87. The maximum Gasteiger partial charge on any atom is 0.223 e. The highest BCUT2D eigenvalue weighted by atomic mass is 32.2. The standard InChI is InChI=1S/C9H17NOS/c1-4-12-9-6-7(2)5-8(11)10(9)3/h7,9H,4-6H2,1-3H3. The number of rotatable bonds is 2. The van der Waals surface area contributed by atoms with Crippen LogP contribution in [0.4, 0.5) is 0 Å². The Labute approximate surface area is 78.7 Å². The van der Waals surface area contributed by atoms with Crippen LogP contribution in [0.2, 0.25) is 0 Å². The zero-order valence-electron chi connectivity index (χ0n) is 8.04. The number of hydrogen-bond donors (Lipinski definition) is 0. The van der Waals surface area contributed by atoms with Crippen LogP contribution >= 0.6 is 11.8 Å². The minimum atomic E-state index is 0.305. The molecule has 1 saturated heterocycles. The van der Waals surface area contributed by atoms with Gasteiger partial charge in [-0.15, -0.1) is 11.8 Å². The lowest BCUT2D eigenvalue weighted by Crippen LogP contribution is -2.41. The average Bonchev–Trinajstić information content (AvgIpc) is 2.00. The summed E-state index contributed by atoms with van der Waals surface area (Å²) in [4.78, 5) is 13.3. The smallest absolute Gasteiger partial charge is 0.223 e. The zero-order chi connectivity index (χ0) is 9.14. The quantitative estimate of drug-likeness (QED) is 0.658. The van der Waals surface area contributed by atoms with Gasteiger partial charge in [0, 0.05) is 13.5 Å². The second-order valence-corrected chi connectivity index (χ2v) is 4.91. The molecule has 12 heavy (non-hydrogen) atoms. The zero-order valence-corrected chi connectivity index (χ0v) is 8.86. The fourth-order valence-electron chi connectivity index (χ4n) is 1.56. The van der Waals surface area contributed by atoms with Crippen LogP contribution in [0.25, 0.3) is 0 Å². The third-order valence-electron chi connectivity index (χ3n) is 2.31. The van der Waals surface area contributed by atoms with Gasteiger partial charge in [0.25, 0.3) is 0 Å². The van der Waals surface area contributed by atoms with Crippen molar-refractivity contribution >= 4 is 17.7 Å². The van der Waals surface area contributed by atoms with E-state index in [4.69, 9.17) is 0 Å². The molecule has 1 fully saturated rings. The summed E-state index contributed by atoms with van der Waals surface area (Å²) in [5.41, 5.74) is 0. The largest absolute Gasteiger partial charge is 0.334 e. The molecule has 1 rings (SSSR count). The predicted molar refractivity (Wildman–Crippen MR) is 53.1 cm³/mol. The van der Waals surface area contributed by atoms with Crippen molar-refractivity contribution in [2.24, 2.45) is 5.92 Å². The first-order chi connectivity index (χ1) is 5.65. The fourth-order valence-corrected chi connectivity index (χ4v) is 2.75. The van der Waals surface area contributed by atoms with Gasteiger partial charge in [0.05, 0.1) is 5.37 Å². The Balaban J connectivity index is 2.53. The molecule has 1 amide bonds. The van der Waals surface area contributed by atoms with Crippen LogP contribution in [0.15, 0.2) is 0 Å². The van der Waals surface area contributed by atoms with Crippen LogP contribution in [0.3, 0.4) is 0 Å². The Morgan fingerprint density at radius 2 is 2.33 bits per heavy atom. The Morgan fingerprint density at radius 1 is 1.67 bits per heavy atom. The number of thioether (sulfide) groups is 1. The van der Waals surface area contributed by atoms with Gasteiger partial charge in [-0.1, -0.05) is 13.8 Å². The van der Waals surface area contributed by atoms with Gasteiger partial charge in [-0.05, 0) is 18.1 Å². The van der Waals surface area contributed by atoms with Gasteiger partial charge in [-0.25, -0.2) is 0 Å². The highest BCUT2D eigenvalue weighted by molar-refractivity contribution is 7.99. The summed E-state index contributed by atoms with van der Waals surface area (Å²) in [5, 5.41) is 0.422.